The molecule has 2 heterocycles. The second-order valence-electron chi connectivity index (χ2n) is 8.26. The van der Waals surface area contributed by atoms with Gasteiger partial charge in [0.25, 0.3) is 0 Å². The number of ether oxygens (including phenoxy) is 2. The normalized spacial score (nSPS) is 19.0. The van der Waals surface area contributed by atoms with Crippen LogP contribution in [0.25, 0.3) is 0 Å². The molecule has 2 N–H and O–H groups in total. The summed E-state index contributed by atoms with van der Waals surface area (Å²) in [5.41, 5.74) is 1.83. The first-order valence-electron chi connectivity index (χ1n) is 11.4. The Kier molecular flexibility index (Phi) is 7.66. The minimum atomic E-state index is -0.180. The molecular weight excluding hydrogens is 491 g/mol. The lowest BCUT2D eigenvalue weighted by Crippen LogP contribution is -2.43. The summed E-state index contributed by atoms with van der Waals surface area (Å²) >= 11 is 13.3. The predicted octanol–water partition coefficient (Wildman–Crippen LogP) is 4.40. The zero-order valence-electron chi connectivity index (χ0n) is 19.9. The van der Waals surface area contributed by atoms with Gasteiger partial charge < -0.3 is 25.0 Å². The number of anilines is 2. The third kappa shape index (κ3) is 5.01. The number of likely N-dealkylation sites (N-methyl/N-ethyl adjacent to an activating group) is 1. The summed E-state index contributed by atoms with van der Waals surface area (Å²) in [5.74, 6) is 1.92. The van der Waals surface area contributed by atoms with Gasteiger partial charge in [-0.3, -0.25) is 4.79 Å². The fraction of sp³-hybridized carbons (Fsp3) is 0.417. The standard InChI is InChI=1S/C24H28Cl2N6O3/c1-5-19(33)29-13-8-7-9-14(13)30-24-27-11-15-23(31-24)32(6-2)12-16(28-15)20-21(25)17(34-3)10-18(35-4)22(20)26/h5,10-11,13-14H,1,6-9,12H2,2-4H3,(H,29,33)(H,27,30,31). The van der Waals surface area contributed by atoms with E-state index in [2.05, 4.69) is 27.1 Å². The molecule has 11 heteroatoms. The highest BCUT2D eigenvalue weighted by Gasteiger charge is 2.30. The summed E-state index contributed by atoms with van der Waals surface area (Å²) in [5, 5.41) is 7.10. The van der Waals surface area contributed by atoms with E-state index in [0.717, 1.165) is 19.3 Å². The first-order valence-corrected chi connectivity index (χ1v) is 12.1. The van der Waals surface area contributed by atoms with Crippen LogP contribution < -0.4 is 25.0 Å². The highest BCUT2D eigenvalue weighted by Crippen LogP contribution is 2.43. The van der Waals surface area contributed by atoms with Crippen molar-refractivity contribution in [2.75, 3.05) is 37.5 Å². The molecule has 1 fully saturated rings. The van der Waals surface area contributed by atoms with Crippen LogP contribution in [-0.2, 0) is 4.79 Å². The Bertz CT molecular complexity index is 1140. The average Bonchev–Trinajstić information content (AvgIpc) is 3.29. The number of nitrogens with one attached hydrogen (secondary N) is 2. The maximum Gasteiger partial charge on any atom is 0.243 e. The zero-order chi connectivity index (χ0) is 25.1. The van der Waals surface area contributed by atoms with Gasteiger partial charge >= 0.3 is 0 Å². The van der Waals surface area contributed by atoms with E-state index < -0.39 is 0 Å². The van der Waals surface area contributed by atoms with Crippen LogP contribution in [0.3, 0.4) is 0 Å². The fourth-order valence-corrected chi connectivity index (χ4v) is 5.15. The Morgan fingerprint density at radius 1 is 1.23 bits per heavy atom. The van der Waals surface area contributed by atoms with Crippen molar-refractivity contribution in [1.29, 1.82) is 0 Å². The lowest BCUT2D eigenvalue weighted by atomic mass is 10.1. The molecule has 2 aromatic rings. The van der Waals surface area contributed by atoms with Crippen LogP contribution in [0.5, 0.6) is 11.5 Å². The van der Waals surface area contributed by atoms with E-state index in [1.54, 1.807) is 12.3 Å². The number of aliphatic imine (C=N–C) groups is 1. The molecule has 2 unspecified atom stereocenters. The number of benzene rings is 1. The first-order chi connectivity index (χ1) is 16.9. The van der Waals surface area contributed by atoms with Crippen molar-refractivity contribution < 1.29 is 14.3 Å². The predicted molar refractivity (Wildman–Crippen MR) is 139 cm³/mol. The summed E-state index contributed by atoms with van der Waals surface area (Å²) in [6.07, 6.45) is 5.78. The van der Waals surface area contributed by atoms with E-state index in [1.165, 1.54) is 20.3 Å². The second kappa shape index (κ2) is 10.7. The Hall–Kier alpha value is -3.04. The topological polar surface area (TPSA) is 101 Å². The number of amides is 1. The van der Waals surface area contributed by atoms with Gasteiger partial charge in [0.1, 0.15) is 17.2 Å². The molecule has 35 heavy (non-hydrogen) atoms. The molecule has 1 saturated carbocycles. The van der Waals surface area contributed by atoms with Gasteiger partial charge in [0.05, 0.1) is 42.7 Å². The number of rotatable bonds is 8. The van der Waals surface area contributed by atoms with Crippen LogP contribution in [0.4, 0.5) is 17.5 Å². The molecule has 2 atom stereocenters. The molecule has 1 aliphatic heterocycles. The van der Waals surface area contributed by atoms with Gasteiger partial charge in [0, 0.05) is 30.3 Å². The SMILES string of the molecule is C=CC(=O)NC1CCCC1Nc1ncc2c(n1)N(CC)CC(c1c(Cl)c(OC)cc(OC)c1Cl)=N2. The van der Waals surface area contributed by atoms with Crippen LogP contribution in [0.1, 0.15) is 31.7 Å². The second-order valence-corrected chi connectivity index (χ2v) is 9.02. The molecule has 186 valence electrons. The van der Waals surface area contributed by atoms with Crippen molar-refractivity contribution in [3.8, 4) is 11.5 Å². The largest absolute Gasteiger partial charge is 0.495 e. The van der Waals surface area contributed by atoms with Gasteiger partial charge in [-0.1, -0.05) is 29.8 Å². The van der Waals surface area contributed by atoms with E-state index in [4.69, 9.17) is 42.7 Å². The number of hydrogen-bond acceptors (Lipinski definition) is 8. The van der Waals surface area contributed by atoms with Gasteiger partial charge in [-0.15, -0.1) is 0 Å². The maximum atomic E-state index is 11.8. The Morgan fingerprint density at radius 2 is 1.91 bits per heavy atom. The summed E-state index contributed by atoms with van der Waals surface area (Å²) in [4.78, 5) is 27.9. The van der Waals surface area contributed by atoms with Gasteiger partial charge in [-0.05, 0) is 32.3 Å². The highest BCUT2D eigenvalue weighted by molar-refractivity contribution is 6.42. The Labute approximate surface area is 214 Å². The molecular formula is C24H28Cl2N6O3. The minimum absolute atomic E-state index is 0.000593. The van der Waals surface area contributed by atoms with Crippen LogP contribution in [0, 0.1) is 0 Å². The number of halogens is 2. The van der Waals surface area contributed by atoms with E-state index in [0.29, 0.717) is 63.4 Å². The summed E-state index contributed by atoms with van der Waals surface area (Å²) < 4.78 is 10.8. The van der Waals surface area contributed by atoms with Crippen molar-refractivity contribution in [1.82, 2.24) is 15.3 Å². The Morgan fingerprint density at radius 3 is 2.54 bits per heavy atom. The van der Waals surface area contributed by atoms with Gasteiger partial charge in [0.2, 0.25) is 11.9 Å². The van der Waals surface area contributed by atoms with Crippen molar-refractivity contribution >= 4 is 52.3 Å². The van der Waals surface area contributed by atoms with E-state index in [9.17, 15) is 4.79 Å². The molecule has 4 rings (SSSR count). The molecule has 2 aliphatic rings. The third-order valence-electron chi connectivity index (χ3n) is 6.23. The average molecular weight is 519 g/mol. The number of nitrogens with zero attached hydrogens (tertiary/aromatic N) is 4. The molecule has 0 spiro atoms. The lowest BCUT2D eigenvalue weighted by Gasteiger charge is -2.30. The van der Waals surface area contributed by atoms with E-state index in [1.807, 2.05) is 6.92 Å². The van der Waals surface area contributed by atoms with Gasteiger partial charge in [-0.25, -0.2) is 9.98 Å². The van der Waals surface area contributed by atoms with Crippen molar-refractivity contribution in [2.24, 2.45) is 4.99 Å². The lowest BCUT2D eigenvalue weighted by molar-refractivity contribution is -0.117. The van der Waals surface area contributed by atoms with Crippen molar-refractivity contribution in [3.63, 3.8) is 0 Å². The van der Waals surface area contributed by atoms with Crippen LogP contribution in [0.15, 0.2) is 29.9 Å². The number of carbonyl (C=O) groups is 1. The molecule has 1 amide bonds. The maximum absolute atomic E-state index is 11.8. The van der Waals surface area contributed by atoms with Crippen LogP contribution in [0.2, 0.25) is 10.0 Å². The fourth-order valence-electron chi connectivity index (χ4n) is 4.43. The van der Waals surface area contributed by atoms with E-state index in [-0.39, 0.29) is 18.0 Å². The number of carbonyl (C=O) groups excluding carboxylic acids is 1. The molecule has 0 radical (unpaired) electrons. The molecule has 1 aliphatic carbocycles. The molecule has 1 aromatic heterocycles. The first kappa shape index (κ1) is 25.1. The van der Waals surface area contributed by atoms with Gasteiger partial charge in [-0.2, -0.15) is 4.98 Å². The van der Waals surface area contributed by atoms with Crippen LogP contribution >= 0.6 is 23.2 Å². The number of fused-ring (bicyclic) bond motifs is 1. The third-order valence-corrected chi connectivity index (χ3v) is 6.98. The van der Waals surface area contributed by atoms with Crippen LogP contribution in [-0.4, -0.2) is 61.0 Å². The van der Waals surface area contributed by atoms with Gasteiger partial charge in [0.15, 0.2) is 5.82 Å². The monoisotopic (exact) mass is 518 g/mol. The smallest absolute Gasteiger partial charge is 0.243 e. The molecule has 0 saturated heterocycles. The molecule has 0 bridgehead atoms. The Balaban J connectivity index is 1.66. The number of hydrogen-bond donors (Lipinski definition) is 2. The molecule has 1 aromatic carbocycles. The number of methoxy groups -OCH3 is 2. The van der Waals surface area contributed by atoms with E-state index >= 15 is 0 Å². The zero-order valence-corrected chi connectivity index (χ0v) is 21.4. The van der Waals surface area contributed by atoms with Crippen molar-refractivity contribution in [2.45, 2.75) is 38.3 Å². The summed E-state index contributed by atoms with van der Waals surface area (Å²) in [6.45, 7) is 6.69. The minimum Gasteiger partial charge on any atom is -0.495 e. The number of aromatic nitrogens is 2. The quantitative estimate of drug-likeness (QED) is 0.499. The highest BCUT2D eigenvalue weighted by atomic mass is 35.5. The van der Waals surface area contributed by atoms with Crippen molar-refractivity contribution in [3.05, 3.63) is 40.5 Å². The summed E-state index contributed by atoms with van der Waals surface area (Å²) in [7, 11) is 3.07. The summed E-state index contributed by atoms with van der Waals surface area (Å²) in [6, 6.07) is 1.69. The molecule has 9 nitrogen and oxygen atoms in total.